The number of carbonyl (C=O) groups is 2. The number of ether oxygens (including phenoxy) is 1. The number of nitrogens with zero attached hydrogens (tertiary/aromatic N) is 1. The number of halogens is 2. The second kappa shape index (κ2) is 8.03. The molecule has 142 valence electrons. The lowest BCUT2D eigenvalue weighted by Crippen LogP contribution is -2.39. The summed E-state index contributed by atoms with van der Waals surface area (Å²) in [4.78, 5) is 26.0. The molecule has 3 rings (SSSR count). The highest BCUT2D eigenvalue weighted by Crippen LogP contribution is 2.22. The smallest absolute Gasteiger partial charge is 0.387 e. The highest BCUT2D eigenvalue weighted by atomic mass is 19.3. The van der Waals surface area contributed by atoms with Gasteiger partial charge in [-0.2, -0.15) is 8.78 Å². The number of urea groups is 1. The van der Waals surface area contributed by atoms with E-state index in [1.165, 1.54) is 24.3 Å². The van der Waals surface area contributed by atoms with Crippen molar-refractivity contribution < 1.29 is 23.1 Å². The minimum absolute atomic E-state index is 0.00564. The van der Waals surface area contributed by atoms with Crippen LogP contribution in [0.4, 0.5) is 25.0 Å². The van der Waals surface area contributed by atoms with Gasteiger partial charge >= 0.3 is 12.6 Å². The first-order chi connectivity index (χ1) is 12.9. The van der Waals surface area contributed by atoms with E-state index in [-0.39, 0.29) is 24.1 Å². The van der Waals surface area contributed by atoms with Gasteiger partial charge in [0.2, 0.25) is 5.91 Å². The molecule has 0 aliphatic carbocycles. The molecule has 2 aromatic rings. The van der Waals surface area contributed by atoms with Crippen LogP contribution in [0.2, 0.25) is 0 Å². The second-order valence-corrected chi connectivity index (χ2v) is 6.24. The summed E-state index contributed by atoms with van der Waals surface area (Å²) in [5.41, 5.74) is 2.32. The van der Waals surface area contributed by atoms with Gasteiger partial charge in [0, 0.05) is 24.3 Å². The van der Waals surface area contributed by atoms with Crippen molar-refractivity contribution in [2.45, 2.75) is 26.0 Å². The molecule has 0 bridgehead atoms. The zero-order valence-electron chi connectivity index (χ0n) is 14.6. The molecular formula is C19H19F2N3O3. The minimum Gasteiger partial charge on any atom is -0.435 e. The average Bonchev–Trinajstić information content (AvgIpc) is 2.97. The number of anilines is 2. The summed E-state index contributed by atoms with van der Waals surface area (Å²) < 4.78 is 28.5. The molecule has 0 saturated carbocycles. The van der Waals surface area contributed by atoms with Gasteiger partial charge in [0.15, 0.2) is 0 Å². The van der Waals surface area contributed by atoms with Crippen LogP contribution in [0.3, 0.4) is 0 Å². The fourth-order valence-electron chi connectivity index (χ4n) is 2.85. The van der Waals surface area contributed by atoms with E-state index in [2.05, 4.69) is 15.4 Å². The van der Waals surface area contributed by atoms with E-state index in [9.17, 15) is 18.4 Å². The lowest BCUT2D eigenvalue weighted by Gasteiger charge is -2.17. The maximum atomic E-state index is 12.2. The molecule has 0 spiro atoms. The Kier molecular flexibility index (Phi) is 5.54. The van der Waals surface area contributed by atoms with Crippen molar-refractivity contribution >= 4 is 23.3 Å². The SMILES string of the molecule is Cc1ccc(N2C[C@@H](NC(=O)Nc3ccc(OC(F)F)cc3)CC2=O)cc1. The molecule has 0 unspecified atom stereocenters. The van der Waals surface area contributed by atoms with Crippen molar-refractivity contribution in [2.75, 3.05) is 16.8 Å². The van der Waals surface area contributed by atoms with Gasteiger partial charge in [-0.25, -0.2) is 4.79 Å². The van der Waals surface area contributed by atoms with E-state index < -0.39 is 12.6 Å². The first-order valence-electron chi connectivity index (χ1n) is 8.40. The number of carbonyl (C=O) groups excluding carboxylic acids is 2. The second-order valence-electron chi connectivity index (χ2n) is 6.24. The van der Waals surface area contributed by atoms with Crippen molar-refractivity contribution in [1.82, 2.24) is 5.32 Å². The topological polar surface area (TPSA) is 70.7 Å². The van der Waals surface area contributed by atoms with E-state index in [0.717, 1.165) is 11.3 Å². The van der Waals surface area contributed by atoms with Crippen LogP contribution in [-0.2, 0) is 4.79 Å². The molecule has 3 amide bonds. The average molecular weight is 375 g/mol. The maximum absolute atomic E-state index is 12.2. The summed E-state index contributed by atoms with van der Waals surface area (Å²) in [5.74, 6) is -0.0521. The van der Waals surface area contributed by atoms with E-state index in [0.29, 0.717) is 12.2 Å². The van der Waals surface area contributed by atoms with Crippen LogP contribution < -0.4 is 20.3 Å². The number of benzene rings is 2. The molecule has 1 fully saturated rings. The summed E-state index contributed by atoms with van der Waals surface area (Å²) in [6, 6.07) is 12.4. The first-order valence-corrected chi connectivity index (χ1v) is 8.40. The zero-order valence-corrected chi connectivity index (χ0v) is 14.6. The molecule has 2 aromatic carbocycles. The highest BCUT2D eigenvalue weighted by Gasteiger charge is 2.31. The van der Waals surface area contributed by atoms with Gasteiger partial charge < -0.3 is 20.3 Å². The van der Waals surface area contributed by atoms with Gasteiger partial charge in [-0.15, -0.1) is 0 Å². The molecular weight excluding hydrogens is 356 g/mol. The van der Waals surface area contributed by atoms with Gasteiger partial charge in [0.25, 0.3) is 0 Å². The molecule has 1 atom stereocenters. The molecule has 0 radical (unpaired) electrons. The van der Waals surface area contributed by atoms with E-state index >= 15 is 0 Å². The Hall–Kier alpha value is -3.16. The number of hydrogen-bond acceptors (Lipinski definition) is 3. The van der Waals surface area contributed by atoms with Crippen molar-refractivity contribution in [1.29, 1.82) is 0 Å². The third-order valence-corrected chi connectivity index (χ3v) is 4.14. The standard InChI is InChI=1S/C19H19F2N3O3/c1-12-2-6-15(7-3-12)24-11-14(10-17(24)25)23-19(26)22-13-4-8-16(9-5-13)27-18(20)21/h2-9,14,18H,10-11H2,1H3,(H2,22,23,26)/t14-/m0/s1. The number of hydrogen-bond donors (Lipinski definition) is 2. The number of alkyl halides is 2. The lowest BCUT2D eigenvalue weighted by atomic mass is 10.2. The number of amides is 3. The monoisotopic (exact) mass is 375 g/mol. The van der Waals surface area contributed by atoms with Crippen LogP contribution in [0, 0.1) is 6.92 Å². The van der Waals surface area contributed by atoms with E-state index in [4.69, 9.17) is 0 Å². The van der Waals surface area contributed by atoms with Gasteiger partial charge in [0.05, 0.1) is 6.04 Å². The lowest BCUT2D eigenvalue weighted by molar-refractivity contribution is -0.117. The molecule has 1 aliphatic heterocycles. The zero-order chi connectivity index (χ0) is 19.4. The molecule has 1 heterocycles. The summed E-state index contributed by atoms with van der Waals surface area (Å²) >= 11 is 0. The summed E-state index contributed by atoms with van der Waals surface area (Å²) in [6.07, 6.45) is 0.211. The normalized spacial score (nSPS) is 16.5. The Morgan fingerprint density at radius 3 is 2.44 bits per heavy atom. The molecule has 1 aliphatic rings. The Balaban J connectivity index is 1.54. The number of rotatable bonds is 5. The predicted molar refractivity (Wildman–Crippen MR) is 97.2 cm³/mol. The van der Waals surface area contributed by atoms with Crippen LogP contribution in [0.15, 0.2) is 48.5 Å². The van der Waals surface area contributed by atoms with Gasteiger partial charge in [-0.1, -0.05) is 17.7 Å². The fourth-order valence-corrected chi connectivity index (χ4v) is 2.85. The Labute approximate surface area is 155 Å². The predicted octanol–water partition coefficient (Wildman–Crippen LogP) is 3.52. The van der Waals surface area contributed by atoms with Crippen LogP contribution >= 0.6 is 0 Å². The number of aryl methyl sites for hydroxylation is 1. The van der Waals surface area contributed by atoms with Crippen LogP contribution in [-0.4, -0.2) is 31.1 Å². The van der Waals surface area contributed by atoms with Crippen molar-refractivity contribution in [3.63, 3.8) is 0 Å². The quantitative estimate of drug-likeness (QED) is 0.840. The van der Waals surface area contributed by atoms with Gasteiger partial charge in [-0.05, 0) is 43.3 Å². The summed E-state index contributed by atoms with van der Waals surface area (Å²) in [5, 5.41) is 5.36. The third kappa shape index (κ3) is 4.93. The molecule has 8 heteroatoms. The minimum atomic E-state index is -2.90. The highest BCUT2D eigenvalue weighted by molar-refractivity contribution is 5.97. The first kappa shape index (κ1) is 18.6. The van der Waals surface area contributed by atoms with Crippen LogP contribution in [0.1, 0.15) is 12.0 Å². The van der Waals surface area contributed by atoms with Crippen molar-refractivity contribution in [3.05, 3.63) is 54.1 Å². The molecule has 1 saturated heterocycles. The summed E-state index contributed by atoms with van der Waals surface area (Å²) in [7, 11) is 0. The molecule has 2 N–H and O–H groups in total. The van der Waals surface area contributed by atoms with Crippen LogP contribution in [0.5, 0.6) is 5.75 Å². The van der Waals surface area contributed by atoms with Gasteiger partial charge in [0.1, 0.15) is 5.75 Å². The Bertz CT molecular complexity index is 810. The Morgan fingerprint density at radius 1 is 1.15 bits per heavy atom. The number of nitrogens with one attached hydrogen (secondary N) is 2. The molecule has 0 aromatic heterocycles. The third-order valence-electron chi connectivity index (χ3n) is 4.14. The fraction of sp³-hybridized carbons (Fsp3) is 0.263. The van der Waals surface area contributed by atoms with E-state index in [1.54, 1.807) is 4.90 Å². The van der Waals surface area contributed by atoms with Gasteiger partial charge in [-0.3, -0.25) is 4.79 Å². The Morgan fingerprint density at radius 2 is 1.81 bits per heavy atom. The molecule has 27 heavy (non-hydrogen) atoms. The van der Waals surface area contributed by atoms with E-state index in [1.807, 2.05) is 31.2 Å². The summed E-state index contributed by atoms with van der Waals surface area (Å²) in [6.45, 7) is -0.545. The largest absolute Gasteiger partial charge is 0.435 e. The molecule has 6 nitrogen and oxygen atoms in total. The van der Waals surface area contributed by atoms with Crippen molar-refractivity contribution in [3.8, 4) is 5.75 Å². The van der Waals surface area contributed by atoms with Crippen molar-refractivity contribution in [2.24, 2.45) is 0 Å². The maximum Gasteiger partial charge on any atom is 0.387 e. The van der Waals surface area contributed by atoms with Crippen LogP contribution in [0.25, 0.3) is 0 Å².